The summed E-state index contributed by atoms with van der Waals surface area (Å²) in [6.07, 6.45) is 0. The molecule has 0 radical (unpaired) electrons. The molecular weight excluding hydrogens is 416 g/mol. The number of nitrogens with one attached hydrogen (secondary N) is 1. The van der Waals surface area contributed by atoms with Gasteiger partial charge in [0.15, 0.2) is 0 Å². The van der Waals surface area contributed by atoms with E-state index in [0.717, 1.165) is 16.8 Å². The van der Waals surface area contributed by atoms with Crippen LogP contribution in [0, 0.1) is 0 Å². The van der Waals surface area contributed by atoms with Crippen molar-refractivity contribution in [2.45, 2.75) is 51.7 Å². The highest BCUT2D eigenvalue weighted by atomic mass is 16.2. The van der Waals surface area contributed by atoms with Crippen LogP contribution in [-0.4, -0.2) is 22.9 Å². The third-order valence-electron chi connectivity index (χ3n) is 6.36. The van der Waals surface area contributed by atoms with Gasteiger partial charge in [-0.05, 0) is 61.7 Å². The van der Waals surface area contributed by atoms with E-state index >= 15 is 0 Å². The van der Waals surface area contributed by atoms with Gasteiger partial charge in [0.25, 0.3) is 0 Å². The fourth-order valence-corrected chi connectivity index (χ4v) is 4.88. The molecule has 0 spiro atoms. The van der Waals surface area contributed by atoms with Crippen LogP contribution >= 0.6 is 0 Å². The van der Waals surface area contributed by atoms with Gasteiger partial charge in [-0.2, -0.15) is 0 Å². The summed E-state index contributed by atoms with van der Waals surface area (Å²) in [6.45, 7) is 8.37. The Balaban J connectivity index is 1.83. The highest BCUT2D eigenvalue weighted by molar-refractivity contribution is 5.88. The molecule has 0 aliphatic heterocycles. The van der Waals surface area contributed by atoms with E-state index in [1.807, 2.05) is 41.3 Å². The third kappa shape index (κ3) is 5.14. The number of anilines is 1. The minimum absolute atomic E-state index is 0.107. The molecule has 0 saturated heterocycles. The van der Waals surface area contributed by atoms with E-state index in [2.05, 4.69) is 99.7 Å². The van der Waals surface area contributed by atoms with Gasteiger partial charge in [0.1, 0.15) is 0 Å². The van der Waals surface area contributed by atoms with Gasteiger partial charge in [0.2, 0.25) is 5.91 Å². The molecule has 0 unspecified atom stereocenters. The number of hydrogen-bond donors (Lipinski definition) is 1. The SMILES string of the molecule is CC(C)N(C(=O)[C@@H](c1ccccc1)[C@@H](Nc1ccc2ccccc2c1)c1ccccc1)C(C)C. The molecule has 4 rings (SSSR count). The van der Waals surface area contributed by atoms with Gasteiger partial charge >= 0.3 is 0 Å². The molecule has 0 bridgehead atoms. The van der Waals surface area contributed by atoms with Crippen molar-refractivity contribution in [1.82, 2.24) is 4.90 Å². The van der Waals surface area contributed by atoms with E-state index in [1.165, 1.54) is 10.8 Å². The van der Waals surface area contributed by atoms with Crippen LogP contribution in [0.3, 0.4) is 0 Å². The van der Waals surface area contributed by atoms with Crippen LogP contribution in [0.5, 0.6) is 0 Å². The van der Waals surface area contributed by atoms with Gasteiger partial charge in [-0.25, -0.2) is 0 Å². The lowest BCUT2D eigenvalue weighted by atomic mass is 9.85. The van der Waals surface area contributed by atoms with Gasteiger partial charge in [-0.3, -0.25) is 4.79 Å². The largest absolute Gasteiger partial charge is 0.377 e. The molecule has 3 heteroatoms. The highest BCUT2D eigenvalue weighted by Crippen LogP contribution is 2.37. The van der Waals surface area contributed by atoms with Gasteiger partial charge < -0.3 is 10.2 Å². The second-order valence-corrected chi connectivity index (χ2v) is 9.42. The Hall–Kier alpha value is -3.59. The summed E-state index contributed by atoms with van der Waals surface area (Å²) < 4.78 is 0. The summed E-state index contributed by atoms with van der Waals surface area (Å²) in [5, 5.41) is 6.13. The number of benzene rings is 4. The molecule has 34 heavy (non-hydrogen) atoms. The van der Waals surface area contributed by atoms with Crippen molar-refractivity contribution in [1.29, 1.82) is 0 Å². The maximum absolute atomic E-state index is 14.2. The Kier molecular flexibility index (Phi) is 7.32. The Morgan fingerprint density at radius 1 is 0.647 bits per heavy atom. The topological polar surface area (TPSA) is 32.3 Å². The summed E-state index contributed by atoms with van der Waals surface area (Å²) in [4.78, 5) is 16.2. The van der Waals surface area contributed by atoms with E-state index in [0.29, 0.717) is 0 Å². The standard InChI is InChI=1S/C31H34N2O/c1-22(2)33(23(3)4)31(34)29(25-14-7-5-8-15-25)30(26-16-9-6-10-17-26)32-28-20-19-24-13-11-12-18-27(24)21-28/h5-23,29-30,32H,1-4H3/t29-,30-/m0/s1. The number of carbonyl (C=O) groups excluding carboxylic acids is 1. The number of amides is 1. The van der Waals surface area contributed by atoms with Crippen molar-refractivity contribution in [3.05, 3.63) is 114 Å². The normalized spacial score (nSPS) is 13.1. The summed E-state index contributed by atoms with van der Waals surface area (Å²) in [5.74, 6) is -0.238. The molecular formula is C31H34N2O. The molecule has 4 aromatic carbocycles. The number of nitrogens with zero attached hydrogens (tertiary/aromatic N) is 1. The van der Waals surface area contributed by atoms with Crippen LogP contribution in [0.15, 0.2) is 103 Å². The first-order valence-corrected chi connectivity index (χ1v) is 12.1. The maximum atomic E-state index is 14.2. The average Bonchev–Trinajstić information content (AvgIpc) is 2.84. The molecule has 0 heterocycles. The molecule has 1 amide bonds. The second-order valence-electron chi connectivity index (χ2n) is 9.42. The molecule has 0 aliphatic carbocycles. The van der Waals surface area contributed by atoms with Crippen LogP contribution in [0.1, 0.15) is 50.8 Å². The van der Waals surface area contributed by atoms with Gasteiger partial charge in [0.05, 0.1) is 12.0 Å². The van der Waals surface area contributed by atoms with Gasteiger partial charge in [-0.15, -0.1) is 0 Å². The molecule has 0 aromatic heterocycles. The van der Waals surface area contributed by atoms with Gasteiger partial charge in [0, 0.05) is 17.8 Å². The quantitative estimate of drug-likeness (QED) is 0.303. The minimum Gasteiger partial charge on any atom is -0.377 e. The molecule has 3 nitrogen and oxygen atoms in total. The molecule has 174 valence electrons. The van der Waals surface area contributed by atoms with Crippen LogP contribution in [0.4, 0.5) is 5.69 Å². The van der Waals surface area contributed by atoms with Crippen LogP contribution in [0.2, 0.25) is 0 Å². The first-order valence-electron chi connectivity index (χ1n) is 12.1. The first-order chi connectivity index (χ1) is 16.5. The fourth-order valence-electron chi connectivity index (χ4n) is 4.88. The minimum atomic E-state index is -0.375. The fraction of sp³-hybridized carbons (Fsp3) is 0.258. The predicted octanol–water partition coefficient (Wildman–Crippen LogP) is 7.42. The van der Waals surface area contributed by atoms with Crippen molar-refractivity contribution in [3.63, 3.8) is 0 Å². The summed E-state index contributed by atoms with van der Waals surface area (Å²) in [5.41, 5.74) is 3.10. The number of rotatable bonds is 8. The van der Waals surface area contributed by atoms with Crippen LogP contribution < -0.4 is 5.32 Å². The molecule has 0 saturated carbocycles. The molecule has 2 atom stereocenters. The lowest BCUT2D eigenvalue weighted by molar-refractivity contribution is -0.136. The zero-order valence-electron chi connectivity index (χ0n) is 20.5. The van der Waals surface area contributed by atoms with E-state index in [9.17, 15) is 4.79 Å². The Morgan fingerprint density at radius 2 is 1.18 bits per heavy atom. The predicted molar refractivity (Wildman–Crippen MR) is 143 cm³/mol. The third-order valence-corrected chi connectivity index (χ3v) is 6.36. The summed E-state index contributed by atoms with van der Waals surface area (Å²) in [6, 6.07) is 35.2. The molecule has 0 fully saturated rings. The molecule has 1 N–H and O–H groups in total. The Bertz CT molecular complexity index is 1210. The van der Waals surface area contributed by atoms with Crippen molar-refractivity contribution >= 4 is 22.4 Å². The monoisotopic (exact) mass is 450 g/mol. The maximum Gasteiger partial charge on any atom is 0.233 e. The van der Waals surface area contributed by atoms with E-state index in [1.54, 1.807) is 0 Å². The van der Waals surface area contributed by atoms with E-state index in [-0.39, 0.29) is 30.0 Å². The number of hydrogen-bond acceptors (Lipinski definition) is 2. The van der Waals surface area contributed by atoms with E-state index < -0.39 is 0 Å². The lowest BCUT2D eigenvalue weighted by Gasteiger charge is -2.37. The molecule has 4 aromatic rings. The van der Waals surface area contributed by atoms with Crippen molar-refractivity contribution in [2.24, 2.45) is 0 Å². The summed E-state index contributed by atoms with van der Waals surface area (Å²) in [7, 11) is 0. The van der Waals surface area contributed by atoms with E-state index in [4.69, 9.17) is 0 Å². The zero-order chi connectivity index (χ0) is 24.1. The summed E-state index contributed by atoms with van der Waals surface area (Å²) >= 11 is 0. The van der Waals surface area contributed by atoms with Crippen LogP contribution in [-0.2, 0) is 4.79 Å². The Labute approximate surface area is 203 Å². The lowest BCUT2D eigenvalue weighted by Crippen LogP contribution is -2.46. The smallest absolute Gasteiger partial charge is 0.233 e. The number of carbonyl (C=O) groups is 1. The van der Waals surface area contributed by atoms with Gasteiger partial charge in [-0.1, -0.05) is 91.0 Å². The highest BCUT2D eigenvalue weighted by Gasteiger charge is 2.36. The van der Waals surface area contributed by atoms with Crippen molar-refractivity contribution in [3.8, 4) is 0 Å². The Morgan fingerprint density at radius 3 is 1.76 bits per heavy atom. The average molecular weight is 451 g/mol. The van der Waals surface area contributed by atoms with Crippen molar-refractivity contribution < 1.29 is 4.79 Å². The van der Waals surface area contributed by atoms with Crippen molar-refractivity contribution in [2.75, 3.05) is 5.32 Å². The first kappa shape index (κ1) is 23.6. The number of fused-ring (bicyclic) bond motifs is 1. The second kappa shape index (κ2) is 10.6. The molecule has 0 aliphatic rings. The zero-order valence-corrected chi connectivity index (χ0v) is 20.5. The van der Waals surface area contributed by atoms with Crippen LogP contribution in [0.25, 0.3) is 10.8 Å².